The molecule has 0 radical (unpaired) electrons. The molecule has 0 aromatic heterocycles. The van der Waals surface area contributed by atoms with E-state index in [-0.39, 0.29) is 82.8 Å². The van der Waals surface area contributed by atoms with E-state index in [1.54, 1.807) is 121 Å². The predicted octanol–water partition coefficient (Wildman–Crippen LogP) is 8.40. The molecule has 0 spiro atoms. The van der Waals surface area contributed by atoms with Crippen LogP contribution in [0.1, 0.15) is 33.6 Å². The van der Waals surface area contributed by atoms with Gasteiger partial charge in [0.1, 0.15) is 23.0 Å². The summed E-state index contributed by atoms with van der Waals surface area (Å²) >= 11 is 0. The third-order valence-electron chi connectivity index (χ3n) is 13.2. The van der Waals surface area contributed by atoms with Gasteiger partial charge < -0.3 is 20.1 Å². The van der Waals surface area contributed by atoms with Gasteiger partial charge in [-0.25, -0.2) is 0 Å². The van der Waals surface area contributed by atoms with Crippen molar-refractivity contribution in [2.75, 3.05) is 20.4 Å². The number of hydrogen-bond acceptors (Lipinski definition) is 8. The lowest BCUT2D eigenvalue weighted by Gasteiger charge is -2.17. The molecule has 11 rings (SSSR count). The summed E-state index contributed by atoms with van der Waals surface area (Å²) in [6, 6.07) is 34.0. The quantitative estimate of drug-likeness (QED) is 0.105. The minimum absolute atomic E-state index is 0.131. The van der Waals surface area contributed by atoms with E-state index in [0.29, 0.717) is 56.9 Å². The third-order valence-corrected chi connectivity index (χ3v) is 13.2. The van der Waals surface area contributed by atoms with Crippen molar-refractivity contribution < 1.29 is 38.2 Å². The predicted molar refractivity (Wildman–Crippen MR) is 229 cm³/mol. The number of carbonyl (C=O) groups excluding carboxylic acids is 6. The molecule has 8 unspecified atom stereocenters. The largest absolute Gasteiger partial charge is 0.457 e. The summed E-state index contributed by atoms with van der Waals surface area (Å²) in [5.41, 5.74) is 2.84. The summed E-state index contributed by atoms with van der Waals surface area (Å²) in [4.78, 5) is 81.4. The summed E-state index contributed by atoms with van der Waals surface area (Å²) in [6.45, 7) is 0. The van der Waals surface area contributed by atoms with Gasteiger partial charge in [-0.3, -0.25) is 38.6 Å². The minimum Gasteiger partial charge on any atom is -0.457 e. The highest BCUT2D eigenvalue weighted by atomic mass is 16.5. The molecular formula is C50H38N4O8. The minimum atomic E-state index is -0.337. The normalized spacial score (nSPS) is 26.0. The molecule has 2 aliphatic heterocycles. The van der Waals surface area contributed by atoms with Crippen molar-refractivity contribution in [3.8, 4) is 23.0 Å². The van der Waals surface area contributed by atoms with Crippen LogP contribution in [0.25, 0.3) is 0 Å². The number of allylic oxidation sites excluding steroid dienone is 4. The van der Waals surface area contributed by atoms with Crippen LogP contribution < -0.4 is 29.9 Å². The molecule has 62 heavy (non-hydrogen) atoms. The second-order valence-electron chi connectivity index (χ2n) is 16.8. The Bertz CT molecular complexity index is 2520. The number of nitrogens with zero attached hydrogens (tertiary/aromatic N) is 2. The van der Waals surface area contributed by atoms with Crippen LogP contribution in [0.4, 0.5) is 22.7 Å². The Labute approximate surface area is 355 Å². The Hall–Kier alpha value is -7.60. The van der Waals surface area contributed by atoms with Gasteiger partial charge >= 0.3 is 0 Å². The van der Waals surface area contributed by atoms with Gasteiger partial charge in [0.2, 0.25) is 23.6 Å². The van der Waals surface area contributed by atoms with Crippen molar-refractivity contribution in [3.05, 3.63) is 157 Å². The molecule has 12 heteroatoms. The van der Waals surface area contributed by atoms with Gasteiger partial charge in [-0.15, -0.1) is 0 Å². The first-order valence-corrected chi connectivity index (χ1v) is 20.8. The summed E-state index contributed by atoms with van der Waals surface area (Å²) < 4.78 is 12.1. The van der Waals surface area contributed by atoms with Crippen molar-refractivity contribution in [2.45, 2.75) is 12.8 Å². The fourth-order valence-electron chi connectivity index (χ4n) is 10.3. The number of carbonyl (C=O) groups is 6. The van der Waals surface area contributed by atoms with E-state index >= 15 is 0 Å². The molecule has 2 heterocycles. The number of nitrogens with one attached hydrogen (secondary N) is 2. The lowest BCUT2D eigenvalue weighted by molar-refractivity contribution is -0.124. The summed E-state index contributed by atoms with van der Waals surface area (Å²) in [6.07, 6.45) is 10.00. The lowest BCUT2D eigenvalue weighted by Crippen LogP contribution is -2.32. The fraction of sp³-hybridized carbons (Fsp3) is 0.200. The Morgan fingerprint density at radius 1 is 0.435 bits per heavy atom. The molecule has 8 atom stereocenters. The Kier molecular flexibility index (Phi) is 8.78. The smallest absolute Gasteiger partial charge is 0.255 e. The molecule has 6 amide bonds. The van der Waals surface area contributed by atoms with Crippen LogP contribution in [0.15, 0.2) is 146 Å². The van der Waals surface area contributed by atoms with E-state index in [1.807, 2.05) is 0 Å². The monoisotopic (exact) mass is 822 g/mol. The average molecular weight is 823 g/mol. The number of ether oxygens (including phenoxy) is 2. The number of imide groups is 2. The molecule has 4 aliphatic carbocycles. The van der Waals surface area contributed by atoms with E-state index in [9.17, 15) is 28.8 Å². The maximum absolute atomic E-state index is 13.2. The first-order valence-electron chi connectivity index (χ1n) is 20.8. The molecule has 4 fully saturated rings. The molecule has 5 aromatic rings. The van der Waals surface area contributed by atoms with Gasteiger partial charge in [0.15, 0.2) is 0 Å². The average Bonchev–Trinajstić information content (AvgIpc) is 4.16. The van der Waals surface area contributed by atoms with Gasteiger partial charge in [0, 0.05) is 28.6 Å². The zero-order valence-electron chi connectivity index (χ0n) is 33.0. The Morgan fingerprint density at radius 2 is 0.774 bits per heavy atom. The van der Waals surface area contributed by atoms with E-state index in [0.717, 1.165) is 12.8 Å². The van der Waals surface area contributed by atoms with Gasteiger partial charge in [-0.2, -0.15) is 0 Å². The van der Waals surface area contributed by atoms with E-state index in [4.69, 9.17) is 9.47 Å². The number of benzene rings is 5. The van der Waals surface area contributed by atoms with Crippen LogP contribution in [0.2, 0.25) is 0 Å². The first-order chi connectivity index (χ1) is 30.2. The molecule has 12 nitrogen and oxygen atoms in total. The maximum atomic E-state index is 13.2. The van der Waals surface area contributed by atoms with Crippen LogP contribution in [0.5, 0.6) is 23.0 Å². The van der Waals surface area contributed by atoms with Crippen molar-refractivity contribution in [1.82, 2.24) is 0 Å². The molecule has 2 saturated carbocycles. The Balaban J connectivity index is 0.665. The van der Waals surface area contributed by atoms with Crippen LogP contribution in [0.3, 0.4) is 0 Å². The van der Waals surface area contributed by atoms with Crippen molar-refractivity contribution >= 4 is 58.2 Å². The molecule has 306 valence electrons. The highest BCUT2D eigenvalue weighted by molar-refractivity contribution is 6.24. The molecule has 5 aromatic carbocycles. The SMILES string of the molecule is O=C(Nc1ccc(Oc2cccc(Oc3ccc(NC(=O)c4ccc(N5C(=O)C6C7C=CC(C7)C6C5=O)cc4)cc3)c2)cc1)c1ccc(N2C(=O)C3C4C=CC(C4)C3C2=O)cc1. The number of anilines is 4. The molecular weight excluding hydrogens is 785 g/mol. The van der Waals surface area contributed by atoms with E-state index in [1.165, 1.54) is 9.80 Å². The molecule has 4 bridgehead atoms. The number of fused-ring (bicyclic) bond motifs is 10. The topological polar surface area (TPSA) is 151 Å². The highest BCUT2D eigenvalue weighted by Gasteiger charge is 2.60. The standard InChI is InChI=1S/C50H38N4O8/c55-45(27-8-16-35(17-9-27)53-47(57)41-29-4-5-30(24-29)42(41)48(53)58)51-33-12-20-37(21-13-33)61-39-2-1-3-40(26-39)62-38-22-14-34(15-23-38)52-46(56)28-10-18-36(19-11-28)54-49(59)43-31-6-7-32(25-31)44(43)50(54)60/h1-23,26,29-32,41-44H,24-25H2,(H,51,55)(H,52,56). The lowest BCUT2D eigenvalue weighted by atomic mass is 9.85. The van der Waals surface area contributed by atoms with Gasteiger partial charge in [-0.05, 0) is 146 Å². The van der Waals surface area contributed by atoms with Crippen molar-refractivity contribution in [3.63, 3.8) is 0 Å². The number of rotatable bonds is 10. The summed E-state index contributed by atoms with van der Waals surface area (Å²) in [7, 11) is 0. The second-order valence-corrected chi connectivity index (χ2v) is 16.8. The van der Waals surface area contributed by atoms with Crippen LogP contribution >= 0.6 is 0 Å². The number of hydrogen-bond donors (Lipinski definition) is 2. The second kappa shape index (κ2) is 14.5. The number of amides is 6. The zero-order chi connectivity index (χ0) is 42.2. The fourth-order valence-corrected chi connectivity index (χ4v) is 10.3. The van der Waals surface area contributed by atoms with Crippen LogP contribution in [0, 0.1) is 47.3 Å². The van der Waals surface area contributed by atoms with Crippen molar-refractivity contribution in [1.29, 1.82) is 0 Å². The highest BCUT2D eigenvalue weighted by Crippen LogP contribution is 2.54. The zero-order valence-corrected chi connectivity index (χ0v) is 33.0. The van der Waals surface area contributed by atoms with Crippen LogP contribution in [-0.2, 0) is 19.2 Å². The van der Waals surface area contributed by atoms with E-state index < -0.39 is 0 Å². The molecule has 2 N–H and O–H groups in total. The summed E-state index contributed by atoms with van der Waals surface area (Å²) in [5, 5.41) is 5.75. The third kappa shape index (κ3) is 6.29. The van der Waals surface area contributed by atoms with Crippen molar-refractivity contribution in [2.24, 2.45) is 47.3 Å². The van der Waals surface area contributed by atoms with Gasteiger partial charge in [0.05, 0.1) is 35.0 Å². The summed E-state index contributed by atoms with van der Waals surface area (Å²) in [5.74, 6) is 0.237. The first kappa shape index (κ1) is 37.4. The Morgan fingerprint density at radius 3 is 1.11 bits per heavy atom. The molecule has 2 saturated heterocycles. The van der Waals surface area contributed by atoms with Crippen LogP contribution in [-0.4, -0.2) is 35.4 Å². The van der Waals surface area contributed by atoms with E-state index in [2.05, 4.69) is 34.9 Å². The van der Waals surface area contributed by atoms with Gasteiger partial charge in [-0.1, -0.05) is 30.4 Å². The van der Waals surface area contributed by atoms with Gasteiger partial charge in [0.25, 0.3) is 11.8 Å². The molecule has 6 aliphatic rings. The maximum Gasteiger partial charge on any atom is 0.255 e.